The number of nitrogens with zero attached hydrogens (tertiary/aromatic N) is 7. The molecule has 10 nitrogen and oxygen atoms in total. The average molecular weight is 474 g/mol. The van der Waals surface area contributed by atoms with Gasteiger partial charge in [0.15, 0.2) is 28.5 Å². The predicted molar refractivity (Wildman–Crippen MR) is 131 cm³/mol. The topological polar surface area (TPSA) is 98.5 Å². The van der Waals surface area contributed by atoms with Crippen molar-refractivity contribution in [2.24, 2.45) is 0 Å². The molecule has 5 rings (SSSR count). The summed E-state index contributed by atoms with van der Waals surface area (Å²) in [5, 5.41) is 8.66. The van der Waals surface area contributed by atoms with E-state index < -0.39 is 0 Å². The standard InChI is InChI=1S/C25H27N7O3/c1-3-34-20-11-10-18(16-21(20)35-4-2)25(33)31-14-12-30(13-15-31)23-22-24(27-17-26-23)32(29-28-22)19-8-6-5-7-9-19/h5-11,16-17H,3-4,12-15H2,1-2H3. The van der Waals surface area contributed by atoms with Gasteiger partial charge >= 0.3 is 0 Å². The van der Waals surface area contributed by atoms with Gasteiger partial charge in [0.1, 0.15) is 6.33 Å². The van der Waals surface area contributed by atoms with Crippen molar-refractivity contribution in [3.05, 3.63) is 60.4 Å². The normalized spacial score (nSPS) is 13.8. The van der Waals surface area contributed by atoms with Crippen LogP contribution in [0.25, 0.3) is 16.9 Å². The molecule has 2 aromatic carbocycles. The fourth-order valence-electron chi connectivity index (χ4n) is 4.20. The van der Waals surface area contributed by atoms with Crippen molar-refractivity contribution in [3.8, 4) is 17.2 Å². The molecular formula is C25H27N7O3. The van der Waals surface area contributed by atoms with Crippen LogP contribution in [0.4, 0.5) is 5.82 Å². The van der Waals surface area contributed by atoms with Crippen LogP contribution < -0.4 is 14.4 Å². The lowest BCUT2D eigenvalue weighted by atomic mass is 10.1. The third-order valence-corrected chi connectivity index (χ3v) is 5.88. The molecule has 0 bridgehead atoms. The van der Waals surface area contributed by atoms with Crippen molar-refractivity contribution >= 4 is 22.9 Å². The molecule has 35 heavy (non-hydrogen) atoms. The fraction of sp³-hybridized carbons (Fsp3) is 0.320. The van der Waals surface area contributed by atoms with E-state index in [0.717, 1.165) is 11.5 Å². The molecule has 1 amide bonds. The van der Waals surface area contributed by atoms with Crippen LogP contribution in [0.5, 0.6) is 11.5 Å². The number of benzene rings is 2. The van der Waals surface area contributed by atoms with Crippen LogP contribution in [0.1, 0.15) is 24.2 Å². The van der Waals surface area contributed by atoms with E-state index in [4.69, 9.17) is 9.47 Å². The highest BCUT2D eigenvalue weighted by Gasteiger charge is 2.26. The van der Waals surface area contributed by atoms with Crippen molar-refractivity contribution < 1.29 is 14.3 Å². The minimum atomic E-state index is -0.0310. The molecule has 0 radical (unpaired) electrons. The van der Waals surface area contributed by atoms with Crippen molar-refractivity contribution in [1.29, 1.82) is 0 Å². The predicted octanol–water partition coefficient (Wildman–Crippen LogP) is 2.97. The van der Waals surface area contributed by atoms with E-state index in [1.54, 1.807) is 22.9 Å². The summed E-state index contributed by atoms with van der Waals surface area (Å²) in [6, 6.07) is 15.1. The Morgan fingerprint density at radius 2 is 1.66 bits per heavy atom. The van der Waals surface area contributed by atoms with E-state index in [1.807, 2.05) is 49.1 Å². The first kappa shape index (κ1) is 22.6. The molecule has 1 saturated heterocycles. The Hall–Kier alpha value is -4.21. The number of piperazine rings is 1. The summed E-state index contributed by atoms with van der Waals surface area (Å²) in [4.78, 5) is 26.1. The van der Waals surface area contributed by atoms with Crippen molar-refractivity contribution in [2.75, 3.05) is 44.3 Å². The van der Waals surface area contributed by atoms with Gasteiger partial charge in [-0.25, -0.2) is 9.97 Å². The molecule has 0 unspecified atom stereocenters. The van der Waals surface area contributed by atoms with E-state index in [9.17, 15) is 4.79 Å². The van der Waals surface area contributed by atoms with Crippen LogP contribution in [0.2, 0.25) is 0 Å². The third kappa shape index (κ3) is 4.46. The number of hydrogen-bond acceptors (Lipinski definition) is 8. The van der Waals surface area contributed by atoms with Crippen LogP contribution in [-0.4, -0.2) is 75.2 Å². The summed E-state index contributed by atoms with van der Waals surface area (Å²) >= 11 is 0. The SMILES string of the molecule is CCOc1ccc(C(=O)N2CCN(c3ncnc4c3nnn4-c3ccccc3)CC2)cc1OCC. The molecule has 10 heteroatoms. The second-order valence-corrected chi connectivity index (χ2v) is 8.01. The van der Waals surface area contributed by atoms with Crippen LogP contribution in [0, 0.1) is 0 Å². The van der Waals surface area contributed by atoms with E-state index in [1.165, 1.54) is 6.33 Å². The third-order valence-electron chi connectivity index (χ3n) is 5.88. The lowest BCUT2D eigenvalue weighted by Gasteiger charge is -2.35. The Kier molecular flexibility index (Phi) is 6.42. The zero-order valence-electron chi connectivity index (χ0n) is 19.8. The fourth-order valence-corrected chi connectivity index (χ4v) is 4.20. The second kappa shape index (κ2) is 9.96. The first-order valence-electron chi connectivity index (χ1n) is 11.7. The highest BCUT2D eigenvalue weighted by atomic mass is 16.5. The molecule has 0 N–H and O–H groups in total. The maximum absolute atomic E-state index is 13.2. The largest absolute Gasteiger partial charge is 0.490 e. The molecule has 0 spiro atoms. The Morgan fingerprint density at radius 3 is 2.40 bits per heavy atom. The number of ether oxygens (including phenoxy) is 2. The van der Waals surface area contributed by atoms with E-state index >= 15 is 0 Å². The molecule has 1 aliphatic heterocycles. The minimum absolute atomic E-state index is 0.0310. The second-order valence-electron chi connectivity index (χ2n) is 8.01. The van der Waals surface area contributed by atoms with Gasteiger partial charge in [0.05, 0.1) is 18.9 Å². The maximum Gasteiger partial charge on any atom is 0.254 e. The van der Waals surface area contributed by atoms with E-state index in [-0.39, 0.29) is 5.91 Å². The molecule has 4 aromatic rings. The van der Waals surface area contributed by atoms with Crippen LogP contribution in [0.3, 0.4) is 0 Å². The van der Waals surface area contributed by atoms with Gasteiger partial charge in [-0.3, -0.25) is 4.79 Å². The summed E-state index contributed by atoms with van der Waals surface area (Å²) in [5.41, 5.74) is 2.76. The Balaban J connectivity index is 1.31. The number of hydrogen-bond donors (Lipinski definition) is 0. The quantitative estimate of drug-likeness (QED) is 0.404. The first-order chi connectivity index (χ1) is 17.2. The number of carbonyl (C=O) groups is 1. The maximum atomic E-state index is 13.2. The summed E-state index contributed by atoms with van der Waals surface area (Å²) in [6.45, 7) is 7.25. The lowest BCUT2D eigenvalue weighted by Crippen LogP contribution is -2.49. The summed E-state index contributed by atoms with van der Waals surface area (Å²) in [6.07, 6.45) is 1.53. The number of para-hydroxylation sites is 1. The van der Waals surface area contributed by atoms with Gasteiger partial charge < -0.3 is 19.3 Å². The number of anilines is 1. The molecular weight excluding hydrogens is 446 g/mol. The molecule has 3 heterocycles. The highest BCUT2D eigenvalue weighted by Crippen LogP contribution is 2.29. The number of carbonyl (C=O) groups excluding carboxylic acids is 1. The highest BCUT2D eigenvalue weighted by molar-refractivity contribution is 5.95. The molecule has 180 valence electrons. The van der Waals surface area contributed by atoms with Gasteiger partial charge in [-0.15, -0.1) is 5.10 Å². The van der Waals surface area contributed by atoms with Gasteiger partial charge in [-0.05, 0) is 44.2 Å². The smallest absolute Gasteiger partial charge is 0.254 e. The van der Waals surface area contributed by atoms with Gasteiger partial charge in [-0.2, -0.15) is 4.68 Å². The Bertz CT molecular complexity index is 1320. The van der Waals surface area contributed by atoms with Crippen molar-refractivity contribution in [1.82, 2.24) is 29.9 Å². The van der Waals surface area contributed by atoms with E-state index in [2.05, 4.69) is 25.2 Å². The number of aromatic nitrogens is 5. The monoisotopic (exact) mass is 473 g/mol. The molecule has 2 aromatic heterocycles. The Labute approximate surface area is 203 Å². The zero-order chi connectivity index (χ0) is 24.2. The number of rotatable bonds is 7. The van der Waals surface area contributed by atoms with Gasteiger partial charge in [0, 0.05) is 31.7 Å². The lowest BCUT2D eigenvalue weighted by molar-refractivity contribution is 0.0746. The number of amides is 1. The van der Waals surface area contributed by atoms with E-state index in [0.29, 0.717) is 67.6 Å². The summed E-state index contributed by atoms with van der Waals surface area (Å²) in [7, 11) is 0. The molecule has 0 atom stereocenters. The molecule has 1 aliphatic rings. The van der Waals surface area contributed by atoms with Crippen molar-refractivity contribution in [3.63, 3.8) is 0 Å². The van der Waals surface area contributed by atoms with Crippen LogP contribution >= 0.6 is 0 Å². The zero-order valence-corrected chi connectivity index (χ0v) is 19.8. The van der Waals surface area contributed by atoms with Gasteiger partial charge in [0.2, 0.25) is 0 Å². The molecule has 1 fully saturated rings. The van der Waals surface area contributed by atoms with Gasteiger partial charge in [0.25, 0.3) is 5.91 Å². The first-order valence-corrected chi connectivity index (χ1v) is 11.7. The minimum Gasteiger partial charge on any atom is -0.490 e. The van der Waals surface area contributed by atoms with Crippen LogP contribution in [0.15, 0.2) is 54.9 Å². The van der Waals surface area contributed by atoms with Crippen molar-refractivity contribution in [2.45, 2.75) is 13.8 Å². The number of fused-ring (bicyclic) bond motifs is 1. The van der Waals surface area contributed by atoms with Crippen LogP contribution in [-0.2, 0) is 0 Å². The Morgan fingerprint density at radius 1 is 0.914 bits per heavy atom. The molecule has 0 aliphatic carbocycles. The summed E-state index contributed by atoms with van der Waals surface area (Å²) in [5.74, 6) is 1.93. The van der Waals surface area contributed by atoms with Gasteiger partial charge in [-0.1, -0.05) is 23.4 Å². The molecule has 0 saturated carbocycles. The summed E-state index contributed by atoms with van der Waals surface area (Å²) < 4.78 is 13.0. The average Bonchev–Trinajstić information content (AvgIpc) is 3.35.